The summed E-state index contributed by atoms with van der Waals surface area (Å²) in [7, 11) is -3.74. The standard InChI is InChI=1S/C17H22N2O6S/c1-12-4-5-13(16(20)19-6-2-3-14(19)17(21)22)11-15(12)26(23,24)18-7-9-25-10-8-18/h4-5,11,14H,2-3,6-10H2,1H3,(H,21,22)/t14-/m1/s1. The molecule has 0 aliphatic carbocycles. The highest BCUT2D eigenvalue weighted by atomic mass is 32.2. The number of benzene rings is 1. The summed E-state index contributed by atoms with van der Waals surface area (Å²) in [6.07, 6.45) is 1.03. The molecule has 2 aliphatic heterocycles. The van der Waals surface area contributed by atoms with Gasteiger partial charge in [0.15, 0.2) is 0 Å². The number of carboxylic acids is 1. The molecule has 0 unspecified atom stereocenters. The quantitative estimate of drug-likeness (QED) is 0.822. The lowest BCUT2D eigenvalue weighted by Gasteiger charge is -2.27. The van der Waals surface area contributed by atoms with Crippen LogP contribution in [-0.2, 0) is 19.6 Å². The van der Waals surface area contributed by atoms with Gasteiger partial charge in [-0.2, -0.15) is 4.31 Å². The number of hydrogen-bond acceptors (Lipinski definition) is 5. The Labute approximate surface area is 152 Å². The normalized spacial score (nSPS) is 21.7. The van der Waals surface area contributed by atoms with Crippen LogP contribution in [0.4, 0.5) is 0 Å². The van der Waals surface area contributed by atoms with Crippen LogP contribution in [0.1, 0.15) is 28.8 Å². The Morgan fingerprint density at radius 2 is 1.88 bits per heavy atom. The first-order valence-corrected chi connectivity index (χ1v) is 9.98. The number of rotatable bonds is 4. The molecule has 2 fully saturated rings. The van der Waals surface area contributed by atoms with E-state index in [0.717, 1.165) is 0 Å². The first-order chi connectivity index (χ1) is 12.3. The third-order valence-electron chi connectivity index (χ3n) is 4.82. The van der Waals surface area contributed by atoms with Gasteiger partial charge in [-0.15, -0.1) is 0 Å². The zero-order valence-corrected chi connectivity index (χ0v) is 15.4. The lowest BCUT2D eigenvalue weighted by atomic mass is 10.1. The average molecular weight is 382 g/mol. The number of morpholine rings is 1. The van der Waals surface area contributed by atoms with E-state index in [4.69, 9.17) is 4.74 Å². The molecule has 2 aliphatic rings. The molecule has 0 bridgehead atoms. The average Bonchev–Trinajstić information content (AvgIpc) is 3.12. The van der Waals surface area contributed by atoms with Crippen molar-refractivity contribution in [2.75, 3.05) is 32.8 Å². The van der Waals surface area contributed by atoms with Crippen molar-refractivity contribution >= 4 is 21.9 Å². The molecule has 2 saturated heterocycles. The SMILES string of the molecule is Cc1ccc(C(=O)N2CCC[C@@H]2C(=O)O)cc1S(=O)(=O)N1CCOCC1. The smallest absolute Gasteiger partial charge is 0.326 e. The third-order valence-corrected chi connectivity index (χ3v) is 6.86. The van der Waals surface area contributed by atoms with Crippen LogP contribution in [0, 0.1) is 6.92 Å². The maximum atomic E-state index is 12.9. The summed E-state index contributed by atoms with van der Waals surface area (Å²) < 4.78 is 32.4. The molecule has 1 atom stereocenters. The molecule has 1 aromatic rings. The molecule has 9 heteroatoms. The first-order valence-electron chi connectivity index (χ1n) is 8.54. The minimum Gasteiger partial charge on any atom is -0.480 e. The Hall–Kier alpha value is -1.97. The Bertz CT molecular complexity index is 817. The van der Waals surface area contributed by atoms with Gasteiger partial charge in [-0.1, -0.05) is 6.07 Å². The van der Waals surface area contributed by atoms with Gasteiger partial charge in [0.05, 0.1) is 18.1 Å². The summed E-state index contributed by atoms with van der Waals surface area (Å²) in [6, 6.07) is 3.64. The van der Waals surface area contributed by atoms with Gasteiger partial charge >= 0.3 is 5.97 Å². The van der Waals surface area contributed by atoms with E-state index in [9.17, 15) is 23.1 Å². The van der Waals surface area contributed by atoms with Crippen LogP contribution < -0.4 is 0 Å². The molecule has 1 amide bonds. The van der Waals surface area contributed by atoms with Crippen molar-refractivity contribution in [3.05, 3.63) is 29.3 Å². The number of likely N-dealkylation sites (tertiary alicyclic amines) is 1. The topological polar surface area (TPSA) is 104 Å². The monoisotopic (exact) mass is 382 g/mol. The number of hydrogen-bond donors (Lipinski definition) is 1. The van der Waals surface area contributed by atoms with Crippen molar-refractivity contribution in [2.24, 2.45) is 0 Å². The van der Waals surface area contributed by atoms with Crippen molar-refractivity contribution < 1.29 is 27.9 Å². The fraction of sp³-hybridized carbons (Fsp3) is 0.529. The highest BCUT2D eigenvalue weighted by molar-refractivity contribution is 7.89. The van der Waals surface area contributed by atoms with Crippen molar-refractivity contribution in [1.29, 1.82) is 0 Å². The van der Waals surface area contributed by atoms with E-state index in [-0.39, 0.29) is 23.5 Å². The fourth-order valence-electron chi connectivity index (χ4n) is 3.37. The van der Waals surface area contributed by atoms with E-state index in [1.807, 2.05) is 0 Å². The minimum absolute atomic E-state index is 0.0799. The van der Waals surface area contributed by atoms with Gasteiger partial charge in [0.25, 0.3) is 5.91 Å². The summed E-state index contributed by atoms with van der Waals surface area (Å²) in [5.41, 5.74) is 0.736. The van der Waals surface area contributed by atoms with Crippen LogP contribution >= 0.6 is 0 Å². The van der Waals surface area contributed by atoms with Gasteiger partial charge in [-0.3, -0.25) is 4.79 Å². The zero-order valence-electron chi connectivity index (χ0n) is 14.6. The number of ether oxygens (including phenoxy) is 1. The molecule has 1 aromatic carbocycles. The van der Waals surface area contributed by atoms with Crippen LogP contribution in [0.25, 0.3) is 0 Å². The number of carbonyl (C=O) groups is 2. The molecular weight excluding hydrogens is 360 g/mol. The van der Waals surface area contributed by atoms with Gasteiger partial charge in [0.1, 0.15) is 6.04 Å². The number of nitrogens with zero attached hydrogens (tertiary/aromatic N) is 2. The fourth-order valence-corrected chi connectivity index (χ4v) is 5.03. The lowest BCUT2D eigenvalue weighted by molar-refractivity contribution is -0.141. The number of amides is 1. The summed E-state index contributed by atoms with van der Waals surface area (Å²) in [5, 5.41) is 9.27. The van der Waals surface area contributed by atoms with Crippen LogP contribution in [-0.4, -0.2) is 73.5 Å². The third kappa shape index (κ3) is 3.46. The molecule has 0 aromatic heterocycles. The number of aliphatic carboxylic acids is 1. The Kier molecular flexibility index (Phi) is 5.31. The summed E-state index contributed by atoms with van der Waals surface area (Å²) in [5.74, 6) is -1.49. The van der Waals surface area contributed by atoms with E-state index in [1.54, 1.807) is 19.1 Å². The predicted octanol–water partition coefficient (Wildman–Crippen LogP) is 0.705. The van der Waals surface area contributed by atoms with E-state index in [2.05, 4.69) is 0 Å². The largest absolute Gasteiger partial charge is 0.480 e. The van der Waals surface area contributed by atoms with Crippen molar-refractivity contribution in [2.45, 2.75) is 30.7 Å². The van der Waals surface area contributed by atoms with E-state index in [0.29, 0.717) is 38.2 Å². The molecule has 0 radical (unpaired) electrons. The van der Waals surface area contributed by atoms with Crippen LogP contribution in [0.3, 0.4) is 0 Å². The molecular formula is C17H22N2O6S. The van der Waals surface area contributed by atoms with Crippen molar-refractivity contribution in [3.63, 3.8) is 0 Å². The van der Waals surface area contributed by atoms with Crippen LogP contribution in [0.15, 0.2) is 23.1 Å². The molecule has 26 heavy (non-hydrogen) atoms. The number of carboxylic acid groups (broad SMARTS) is 1. The van der Waals surface area contributed by atoms with Gasteiger partial charge in [-0.25, -0.2) is 13.2 Å². The molecule has 142 valence electrons. The van der Waals surface area contributed by atoms with E-state index < -0.39 is 27.9 Å². The van der Waals surface area contributed by atoms with Crippen LogP contribution in [0.2, 0.25) is 0 Å². The Morgan fingerprint density at radius 1 is 1.19 bits per heavy atom. The molecule has 0 saturated carbocycles. The minimum atomic E-state index is -3.74. The van der Waals surface area contributed by atoms with Gasteiger partial charge < -0.3 is 14.7 Å². The number of aryl methyl sites for hydroxylation is 1. The van der Waals surface area contributed by atoms with Gasteiger partial charge in [-0.05, 0) is 37.5 Å². The second-order valence-electron chi connectivity index (χ2n) is 6.49. The van der Waals surface area contributed by atoms with Crippen molar-refractivity contribution in [1.82, 2.24) is 9.21 Å². The lowest BCUT2D eigenvalue weighted by Crippen LogP contribution is -2.41. The maximum Gasteiger partial charge on any atom is 0.326 e. The number of sulfonamides is 1. The van der Waals surface area contributed by atoms with Crippen LogP contribution in [0.5, 0.6) is 0 Å². The maximum absolute atomic E-state index is 12.9. The zero-order chi connectivity index (χ0) is 18.9. The molecule has 0 spiro atoms. The summed E-state index contributed by atoms with van der Waals surface area (Å²) >= 11 is 0. The Morgan fingerprint density at radius 3 is 2.54 bits per heavy atom. The molecule has 1 N–H and O–H groups in total. The first kappa shape index (κ1) is 18.8. The van der Waals surface area contributed by atoms with Gasteiger partial charge in [0.2, 0.25) is 10.0 Å². The predicted molar refractivity (Wildman–Crippen MR) is 92.5 cm³/mol. The van der Waals surface area contributed by atoms with E-state index >= 15 is 0 Å². The highest BCUT2D eigenvalue weighted by Crippen LogP contribution is 2.25. The van der Waals surface area contributed by atoms with Gasteiger partial charge in [0, 0.05) is 25.2 Å². The molecule has 8 nitrogen and oxygen atoms in total. The Balaban J connectivity index is 1.92. The number of carbonyl (C=O) groups excluding carboxylic acids is 1. The summed E-state index contributed by atoms with van der Waals surface area (Å²) in [6.45, 7) is 3.25. The summed E-state index contributed by atoms with van der Waals surface area (Å²) in [4.78, 5) is 25.5. The highest BCUT2D eigenvalue weighted by Gasteiger charge is 2.35. The molecule has 2 heterocycles. The second kappa shape index (κ2) is 7.34. The van der Waals surface area contributed by atoms with Crippen molar-refractivity contribution in [3.8, 4) is 0 Å². The second-order valence-corrected chi connectivity index (χ2v) is 8.40. The van der Waals surface area contributed by atoms with E-state index in [1.165, 1.54) is 15.3 Å². The molecule has 3 rings (SSSR count).